The Morgan fingerprint density at radius 1 is 1.04 bits per heavy atom. The summed E-state index contributed by atoms with van der Waals surface area (Å²) >= 11 is 0. The van der Waals surface area contributed by atoms with Gasteiger partial charge in [0.25, 0.3) is 12.3 Å². The number of ketones is 1. The highest BCUT2D eigenvalue weighted by Gasteiger charge is 2.45. The second-order valence-electron chi connectivity index (χ2n) is 6.00. The molecule has 0 aliphatic rings. The summed E-state index contributed by atoms with van der Waals surface area (Å²) in [6, 6.07) is 13.8. The van der Waals surface area contributed by atoms with Crippen LogP contribution in [0, 0.1) is 0 Å². The maximum absolute atomic E-state index is 13.0. The maximum Gasteiger partial charge on any atom is 0.269 e. The summed E-state index contributed by atoms with van der Waals surface area (Å²) in [5.41, 5.74) is -0.886. The zero-order valence-corrected chi connectivity index (χ0v) is 14.0. The van der Waals surface area contributed by atoms with Crippen molar-refractivity contribution in [3.8, 4) is 11.1 Å². The number of nitrogens with one attached hydrogen (secondary N) is 1. The van der Waals surface area contributed by atoms with E-state index in [1.54, 1.807) is 12.1 Å². The molecule has 0 unspecified atom stereocenters. The standard InChI is InChI=1S/C19H19F2NO4/c1-19(26,18(20)21)16(15(24)11-23)22-17(25)14-9-7-13(8-10-14)12-5-3-2-4-6-12/h2-10,16,18,23,26H,11H2,1H3,(H,22,25)/t16-,19+/m1/s1. The molecule has 0 heterocycles. The minimum absolute atomic E-state index is 0.130. The van der Waals surface area contributed by atoms with Gasteiger partial charge in [-0.15, -0.1) is 0 Å². The van der Waals surface area contributed by atoms with Crippen LogP contribution in [0.3, 0.4) is 0 Å². The molecule has 5 nitrogen and oxygen atoms in total. The molecule has 138 valence electrons. The van der Waals surface area contributed by atoms with Gasteiger partial charge in [0.05, 0.1) is 0 Å². The number of amides is 1. The van der Waals surface area contributed by atoms with Crippen molar-refractivity contribution in [3.05, 3.63) is 60.2 Å². The van der Waals surface area contributed by atoms with Crippen molar-refractivity contribution >= 4 is 11.7 Å². The summed E-state index contributed by atoms with van der Waals surface area (Å²) in [4.78, 5) is 24.0. The minimum Gasteiger partial charge on any atom is -0.388 e. The first-order valence-corrected chi connectivity index (χ1v) is 7.87. The number of benzene rings is 2. The van der Waals surface area contributed by atoms with Gasteiger partial charge in [-0.1, -0.05) is 42.5 Å². The lowest BCUT2D eigenvalue weighted by molar-refractivity contribution is -0.142. The summed E-state index contributed by atoms with van der Waals surface area (Å²) in [5.74, 6) is -1.91. The zero-order valence-electron chi connectivity index (χ0n) is 14.0. The van der Waals surface area contributed by atoms with E-state index in [-0.39, 0.29) is 5.56 Å². The largest absolute Gasteiger partial charge is 0.388 e. The molecule has 2 atom stereocenters. The molecule has 0 saturated carbocycles. The lowest BCUT2D eigenvalue weighted by atomic mass is 9.93. The predicted octanol–water partition coefficient (Wildman–Crippen LogP) is 2.03. The third-order valence-electron chi connectivity index (χ3n) is 4.03. The van der Waals surface area contributed by atoms with E-state index >= 15 is 0 Å². The molecule has 0 aliphatic heterocycles. The van der Waals surface area contributed by atoms with Crippen molar-refractivity contribution in [1.82, 2.24) is 5.32 Å². The Bertz CT molecular complexity index is 761. The van der Waals surface area contributed by atoms with E-state index in [1.165, 1.54) is 12.1 Å². The maximum atomic E-state index is 13.0. The van der Waals surface area contributed by atoms with Crippen LogP contribution in [0.4, 0.5) is 8.78 Å². The van der Waals surface area contributed by atoms with Gasteiger partial charge >= 0.3 is 0 Å². The van der Waals surface area contributed by atoms with Crippen LogP contribution in [0.1, 0.15) is 17.3 Å². The molecule has 0 aromatic heterocycles. The predicted molar refractivity (Wildman–Crippen MR) is 91.9 cm³/mol. The minimum atomic E-state index is -3.29. The third-order valence-corrected chi connectivity index (χ3v) is 4.03. The van der Waals surface area contributed by atoms with Crippen LogP contribution in [-0.4, -0.2) is 46.6 Å². The summed E-state index contributed by atoms with van der Waals surface area (Å²) < 4.78 is 26.0. The number of aliphatic hydroxyl groups excluding tert-OH is 1. The van der Waals surface area contributed by atoms with E-state index in [0.717, 1.165) is 18.1 Å². The quantitative estimate of drug-likeness (QED) is 0.703. The van der Waals surface area contributed by atoms with E-state index in [2.05, 4.69) is 5.32 Å². The molecule has 7 heteroatoms. The number of halogens is 2. The molecule has 0 spiro atoms. The highest BCUT2D eigenvalue weighted by Crippen LogP contribution is 2.22. The fourth-order valence-electron chi connectivity index (χ4n) is 2.43. The number of hydrogen-bond acceptors (Lipinski definition) is 4. The molecular formula is C19H19F2NO4. The van der Waals surface area contributed by atoms with E-state index in [1.807, 2.05) is 30.3 Å². The van der Waals surface area contributed by atoms with Gasteiger partial charge in [-0.3, -0.25) is 9.59 Å². The average molecular weight is 363 g/mol. The SMILES string of the molecule is C[C@@](O)(C(F)F)[C@H](NC(=O)c1ccc(-c2ccccc2)cc1)C(=O)CO. The number of carbonyl (C=O) groups excluding carboxylic acids is 2. The monoisotopic (exact) mass is 363 g/mol. The van der Waals surface area contributed by atoms with E-state index < -0.39 is 36.4 Å². The fraction of sp³-hybridized carbons (Fsp3) is 0.263. The van der Waals surface area contributed by atoms with Crippen LogP contribution in [0.15, 0.2) is 54.6 Å². The molecule has 3 N–H and O–H groups in total. The number of Topliss-reactive ketones (excluding diaryl/α,β-unsaturated/α-hetero) is 1. The first kappa shape index (κ1) is 19.7. The van der Waals surface area contributed by atoms with Gasteiger partial charge in [0, 0.05) is 5.56 Å². The topological polar surface area (TPSA) is 86.6 Å². The van der Waals surface area contributed by atoms with Gasteiger partial charge in [-0.2, -0.15) is 0 Å². The summed E-state index contributed by atoms with van der Waals surface area (Å²) in [7, 11) is 0. The van der Waals surface area contributed by atoms with Crippen molar-refractivity contribution in [2.45, 2.75) is 25.0 Å². The van der Waals surface area contributed by atoms with Gasteiger partial charge in [-0.05, 0) is 30.2 Å². The Hall–Kier alpha value is -2.64. The van der Waals surface area contributed by atoms with Crippen LogP contribution >= 0.6 is 0 Å². The number of rotatable bonds is 7. The highest BCUT2D eigenvalue weighted by molar-refractivity contribution is 5.99. The lowest BCUT2D eigenvalue weighted by Gasteiger charge is -2.31. The van der Waals surface area contributed by atoms with Crippen molar-refractivity contribution in [2.24, 2.45) is 0 Å². The molecule has 26 heavy (non-hydrogen) atoms. The first-order valence-electron chi connectivity index (χ1n) is 7.87. The van der Waals surface area contributed by atoms with Gasteiger partial charge in [0.15, 0.2) is 5.78 Å². The molecule has 0 fully saturated rings. The molecular weight excluding hydrogens is 344 g/mol. The van der Waals surface area contributed by atoms with Crippen LogP contribution in [-0.2, 0) is 4.79 Å². The fourth-order valence-corrected chi connectivity index (χ4v) is 2.43. The zero-order chi connectivity index (χ0) is 19.3. The van der Waals surface area contributed by atoms with Gasteiger partial charge in [0.2, 0.25) is 0 Å². The van der Waals surface area contributed by atoms with Gasteiger partial charge < -0.3 is 15.5 Å². The molecule has 1 amide bonds. The van der Waals surface area contributed by atoms with Crippen LogP contribution in [0.25, 0.3) is 11.1 Å². The van der Waals surface area contributed by atoms with Crippen molar-refractivity contribution < 1.29 is 28.6 Å². The third kappa shape index (κ3) is 4.30. The van der Waals surface area contributed by atoms with E-state index in [9.17, 15) is 23.5 Å². The average Bonchev–Trinajstić information content (AvgIpc) is 2.65. The van der Waals surface area contributed by atoms with Gasteiger partial charge in [-0.25, -0.2) is 8.78 Å². The number of aliphatic hydroxyl groups is 2. The summed E-state index contributed by atoms with van der Waals surface area (Å²) in [6.45, 7) is -0.352. The second-order valence-corrected chi connectivity index (χ2v) is 6.00. The van der Waals surface area contributed by atoms with Crippen molar-refractivity contribution in [3.63, 3.8) is 0 Å². The number of alkyl halides is 2. The Morgan fingerprint density at radius 3 is 2.08 bits per heavy atom. The van der Waals surface area contributed by atoms with E-state index in [0.29, 0.717) is 0 Å². The van der Waals surface area contributed by atoms with Gasteiger partial charge in [0.1, 0.15) is 18.2 Å². The van der Waals surface area contributed by atoms with E-state index in [4.69, 9.17) is 5.11 Å². The molecule has 0 saturated heterocycles. The second kappa shape index (κ2) is 8.16. The normalized spacial score (nSPS) is 14.5. The van der Waals surface area contributed by atoms with Crippen LogP contribution in [0.2, 0.25) is 0 Å². The Morgan fingerprint density at radius 2 is 1.58 bits per heavy atom. The Kier molecular flexibility index (Phi) is 6.18. The Labute approximate surface area is 149 Å². The molecule has 0 bridgehead atoms. The van der Waals surface area contributed by atoms with Crippen molar-refractivity contribution in [1.29, 1.82) is 0 Å². The van der Waals surface area contributed by atoms with Crippen LogP contribution in [0.5, 0.6) is 0 Å². The number of hydrogen-bond donors (Lipinski definition) is 3. The Balaban J connectivity index is 2.20. The lowest BCUT2D eigenvalue weighted by Crippen LogP contribution is -2.59. The summed E-state index contributed by atoms with van der Waals surface area (Å²) in [6.07, 6.45) is -3.29. The van der Waals surface area contributed by atoms with Crippen LogP contribution < -0.4 is 5.32 Å². The highest BCUT2D eigenvalue weighted by atomic mass is 19.3. The van der Waals surface area contributed by atoms with Crippen molar-refractivity contribution in [2.75, 3.05) is 6.61 Å². The number of carbonyl (C=O) groups is 2. The molecule has 0 radical (unpaired) electrons. The molecule has 2 aromatic carbocycles. The smallest absolute Gasteiger partial charge is 0.269 e. The summed E-state index contributed by atoms with van der Waals surface area (Å²) in [5, 5.41) is 20.9. The molecule has 2 aromatic rings. The first-order chi connectivity index (χ1) is 12.3. The molecule has 2 rings (SSSR count). The molecule has 0 aliphatic carbocycles.